The zero-order chi connectivity index (χ0) is 21.6. The molecule has 0 aromatic heterocycles. The zero-order valence-corrected chi connectivity index (χ0v) is 16.4. The summed E-state index contributed by atoms with van der Waals surface area (Å²) < 4.78 is 4.51. The molecule has 1 aliphatic heterocycles. The quantitative estimate of drug-likeness (QED) is 0.347. The zero-order valence-electron chi connectivity index (χ0n) is 15.7. The first kappa shape index (κ1) is 22.4. The van der Waals surface area contributed by atoms with Crippen LogP contribution in [-0.2, 0) is 19.1 Å². The summed E-state index contributed by atoms with van der Waals surface area (Å²) in [4.78, 5) is 49.0. The Hall–Kier alpha value is -2.85. The first-order valence-corrected chi connectivity index (χ1v) is 9.26. The molecular weight excluding hydrogens is 406 g/mol. The second-order valence-corrected chi connectivity index (χ2v) is 6.81. The Kier molecular flexibility index (Phi) is 7.80. The SMILES string of the molecule is CC(=O)O[C@@H](O)CNC(=O)[C@@H]1CCCN1C(=O)CNC(=O)c1ccc(O)cc1Cl. The van der Waals surface area contributed by atoms with Gasteiger partial charge in [-0.15, -0.1) is 0 Å². The smallest absolute Gasteiger partial charge is 0.304 e. The highest BCUT2D eigenvalue weighted by Gasteiger charge is 2.34. The maximum atomic E-state index is 12.5. The predicted octanol–water partition coefficient (Wildman–Crippen LogP) is -0.236. The summed E-state index contributed by atoms with van der Waals surface area (Å²) in [6, 6.07) is 3.09. The molecule has 11 heteroatoms. The minimum absolute atomic E-state index is 0.0414. The van der Waals surface area contributed by atoms with Crippen molar-refractivity contribution in [2.24, 2.45) is 0 Å². The predicted molar refractivity (Wildman–Crippen MR) is 101 cm³/mol. The molecule has 3 amide bonds. The molecule has 4 N–H and O–H groups in total. The lowest BCUT2D eigenvalue weighted by atomic mass is 10.2. The first-order chi connectivity index (χ1) is 13.7. The normalized spacial score (nSPS) is 16.8. The van der Waals surface area contributed by atoms with Crippen molar-refractivity contribution in [2.75, 3.05) is 19.6 Å². The van der Waals surface area contributed by atoms with Crippen molar-refractivity contribution < 1.29 is 34.1 Å². The number of carbonyl (C=O) groups is 4. The molecule has 0 unspecified atom stereocenters. The highest BCUT2D eigenvalue weighted by atomic mass is 35.5. The summed E-state index contributed by atoms with van der Waals surface area (Å²) in [6.45, 7) is 0.838. The van der Waals surface area contributed by atoms with Crippen molar-refractivity contribution in [1.29, 1.82) is 0 Å². The average molecular weight is 428 g/mol. The number of rotatable bonds is 7. The van der Waals surface area contributed by atoms with E-state index in [4.69, 9.17) is 11.6 Å². The topological polar surface area (TPSA) is 145 Å². The van der Waals surface area contributed by atoms with Crippen LogP contribution in [0.4, 0.5) is 0 Å². The lowest BCUT2D eigenvalue weighted by Gasteiger charge is -2.24. The Balaban J connectivity index is 1.88. The van der Waals surface area contributed by atoms with Crippen LogP contribution < -0.4 is 10.6 Å². The van der Waals surface area contributed by atoms with E-state index in [1.54, 1.807) is 0 Å². The third kappa shape index (κ3) is 6.33. The first-order valence-electron chi connectivity index (χ1n) is 8.88. The molecule has 2 atom stereocenters. The molecule has 2 rings (SSSR count). The van der Waals surface area contributed by atoms with Crippen LogP contribution in [0, 0.1) is 0 Å². The molecule has 0 saturated carbocycles. The van der Waals surface area contributed by atoms with Crippen molar-refractivity contribution in [3.63, 3.8) is 0 Å². The van der Waals surface area contributed by atoms with Gasteiger partial charge in [0.1, 0.15) is 11.8 Å². The van der Waals surface area contributed by atoms with Crippen LogP contribution in [0.2, 0.25) is 5.02 Å². The summed E-state index contributed by atoms with van der Waals surface area (Å²) in [5.41, 5.74) is 0.104. The highest BCUT2D eigenvalue weighted by molar-refractivity contribution is 6.34. The second kappa shape index (κ2) is 10.1. The number of hydrogen-bond donors (Lipinski definition) is 4. The van der Waals surface area contributed by atoms with Crippen molar-refractivity contribution in [1.82, 2.24) is 15.5 Å². The number of esters is 1. The molecule has 1 aliphatic rings. The van der Waals surface area contributed by atoms with E-state index in [9.17, 15) is 29.4 Å². The molecule has 29 heavy (non-hydrogen) atoms. The number of phenols is 1. The number of aliphatic hydroxyl groups is 1. The molecule has 158 valence electrons. The van der Waals surface area contributed by atoms with Gasteiger partial charge in [0.15, 0.2) is 0 Å². The Labute approximate surface area is 171 Å². The summed E-state index contributed by atoms with van der Waals surface area (Å²) in [5, 5.41) is 23.7. The van der Waals surface area contributed by atoms with E-state index in [-0.39, 0.29) is 29.4 Å². The van der Waals surface area contributed by atoms with Crippen LogP contribution in [-0.4, -0.2) is 70.8 Å². The van der Waals surface area contributed by atoms with E-state index in [2.05, 4.69) is 15.4 Å². The van der Waals surface area contributed by atoms with Crippen LogP contribution >= 0.6 is 11.6 Å². The number of ether oxygens (including phenoxy) is 1. The minimum atomic E-state index is -1.48. The van der Waals surface area contributed by atoms with Crippen molar-refractivity contribution in [3.05, 3.63) is 28.8 Å². The van der Waals surface area contributed by atoms with Gasteiger partial charge in [-0.05, 0) is 31.0 Å². The number of benzene rings is 1. The number of nitrogens with zero attached hydrogens (tertiary/aromatic N) is 1. The van der Waals surface area contributed by atoms with E-state index in [1.807, 2.05) is 0 Å². The third-order valence-corrected chi connectivity index (χ3v) is 4.54. The summed E-state index contributed by atoms with van der Waals surface area (Å²) in [5.74, 6) is -2.31. The van der Waals surface area contributed by atoms with Crippen LogP contribution in [0.1, 0.15) is 30.1 Å². The maximum absolute atomic E-state index is 12.5. The number of carbonyl (C=O) groups excluding carboxylic acids is 4. The summed E-state index contributed by atoms with van der Waals surface area (Å²) in [7, 11) is 0. The number of aliphatic hydroxyl groups excluding tert-OH is 1. The van der Waals surface area contributed by atoms with Crippen molar-refractivity contribution in [3.8, 4) is 5.75 Å². The van der Waals surface area contributed by atoms with Gasteiger partial charge in [0.05, 0.1) is 23.7 Å². The molecule has 0 spiro atoms. The lowest BCUT2D eigenvalue weighted by Crippen LogP contribution is -2.50. The number of nitrogens with one attached hydrogen (secondary N) is 2. The number of aromatic hydroxyl groups is 1. The third-order valence-electron chi connectivity index (χ3n) is 4.23. The Bertz CT molecular complexity index is 802. The van der Waals surface area contributed by atoms with Gasteiger partial charge < -0.3 is 30.5 Å². The molecule has 0 radical (unpaired) electrons. The van der Waals surface area contributed by atoms with Gasteiger partial charge in [0, 0.05) is 13.5 Å². The van der Waals surface area contributed by atoms with Crippen molar-refractivity contribution >= 4 is 35.3 Å². The van der Waals surface area contributed by atoms with E-state index >= 15 is 0 Å². The molecular formula is C18H22ClN3O7. The number of phenolic OH excluding ortho intramolecular Hbond substituents is 1. The molecule has 10 nitrogen and oxygen atoms in total. The minimum Gasteiger partial charge on any atom is -0.508 e. The van der Waals surface area contributed by atoms with E-state index in [1.165, 1.54) is 23.1 Å². The molecule has 1 aromatic carbocycles. The molecule has 1 fully saturated rings. The van der Waals surface area contributed by atoms with Crippen molar-refractivity contribution in [2.45, 2.75) is 32.1 Å². The lowest BCUT2D eigenvalue weighted by molar-refractivity contribution is -0.165. The van der Waals surface area contributed by atoms with Gasteiger partial charge in [0.2, 0.25) is 18.1 Å². The maximum Gasteiger partial charge on any atom is 0.304 e. The largest absolute Gasteiger partial charge is 0.508 e. The van der Waals surface area contributed by atoms with Crippen LogP contribution in [0.3, 0.4) is 0 Å². The van der Waals surface area contributed by atoms with Crippen LogP contribution in [0.15, 0.2) is 18.2 Å². The number of halogens is 1. The van der Waals surface area contributed by atoms with Crippen LogP contribution in [0.25, 0.3) is 0 Å². The standard InChI is InChI=1S/C18H22ClN3O7/c1-10(23)29-16(26)9-21-18(28)14-3-2-6-22(14)15(25)8-20-17(27)12-5-4-11(24)7-13(12)19/h4-5,7,14,16,24,26H,2-3,6,8-9H2,1H3,(H,20,27)(H,21,28)/t14-,16+/m0/s1. The molecule has 0 bridgehead atoms. The fourth-order valence-corrected chi connectivity index (χ4v) is 3.18. The fourth-order valence-electron chi connectivity index (χ4n) is 2.92. The Morgan fingerprint density at radius 3 is 2.69 bits per heavy atom. The van der Waals surface area contributed by atoms with Gasteiger partial charge >= 0.3 is 5.97 Å². The van der Waals surface area contributed by atoms with Gasteiger partial charge in [-0.25, -0.2) is 0 Å². The van der Waals surface area contributed by atoms with Gasteiger partial charge in [-0.3, -0.25) is 19.2 Å². The average Bonchev–Trinajstić information content (AvgIpc) is 3.13. The van der Waals surface area contributed by atoms with E-state index in [0.717, 1.165) is 6.92 Å². The second-order valence-electron chi connectivity index (χ2n) is 6.40. The number of amides is 3. The monoisotopic (exact) mass is 427 g/mol. The molecule has 1 saturated heterocycles. The molecule has 1 aromatic rings. The summed E-state index contributed by atoms with van der Waals surface area (Å²) >= 11 is 5.90. The van der Waals surface area contributed by atoms with Gasteiger partial charge in [-0.1, -0.05) is 11.6 Å². The summed E-state index contributed by atoms with van der Waals surface area (Å²) in [6.07, 6.45) is -0.441. The number of hydrogen-bond acceptors (Lipinski definition) is 7. The van der Waals surface area contributed by atoms with Gasteiger partial charge in [0.25, 0.3) is 5.91 Å². The Morgan fingerprint density at radius 2 is 2.03 bits per heavy atom. The fraction of sp³-hybridized carbons (Fsp3) is 0.444. The molecule has 0 aliphatic carbocycles. The molecule has 1 heterocycles. The highest BCUT2D eigenvalue weighted by Crippen LogP contribution is 2.21. The van der Waals surface area contributed by atoms with E-state index < -0.39 is 36.0 Å². The van der Waals surface area contributed by atoms with E-state index in [0.29, 0.717) is 19.4 Å². The number of likely N-dealkylation sites (tertiary alicyclic amines) is 1. The van der Waals surface area contributed by atoms with Gasteiger partial charge in [-0.2, -0.15) is 0 Å². The Morgan fingerprint density at radius 1 is 1.31 bits per heavy atom. The van der Waals surface area contributed by atoms with Crippen LogP contribution in [0.5, 0.6) is 5.75 Å².